The highest BCUT2D eigenvalue weighted by molar-refractivity contribution is 7.99. The van der Waals surface area contributed by atoms with E-state index in [-0.39, 0.29) is 5.91 Å². The van der Waals surface area contributed by atoms with Gasteiger partial charge in [0.05, 0.1) is 10.8 Å². The summed E-state index contributed by atoms with van der Waals surface area (Å²) in [4.78, 5) is 20.4. The monoisotopic (exact) mass is 279 g/mol. The van der Waals surface area contributed by atoms with Gasteiger partial charge in [0.15, 0.2) is 0 Å². The lowest BCUT2D eigenvalue weighted by Gasteiger charge is -2.21. The van der Waals surface area contributed by atoms with E-state index in [0.29, 0.717) is 5.75 Å². The van der Waals surface area contributed by atoms with Gasteiger partial charge in [-0.05, 0) is 38.1 Å². The second kappa shape index (κ2) is 7.50. The molecule has 2 heterocycles. The van der Waals surface area contributed by atoms with Crippen LogP contribution in [0.3, 0.4) is 0 Å². The quantitative estimate of drug-likeness (QED) is 0.743. The maximum Gasteiger partial charge on any atom is 0.232 e. The first kappa shape index (κ1) is 14.3. The number of carbonyl (C=O) groups is 1. The number of amides is 1. The third-order valence-electron chi connectivity index (χ3n) is 3.36. The Labute approximate surface area is 119 Å². The highest BCUT2D eigenvalue weighted by Gasteiger charge is 2.14. The lowest BCUT2D eigenvalue weighted by molar-refractivity contribution is -0.127. The van der Waals surface area contributed by atoms with Crippen LogP contribution in [-0.2, 0) is 4.79 Å². The van der Waals surface area contributed by atoms with E-state index >= 15 is 0 Å². The Morgan fingerprint density at radius 1 is 1.42 bits per heavy atom. The second-order valence-corrected chi connectivity index (χ2v) is 5.82. The number of pyridine rings is 1. The van der Waals surface area contributed by atoms with E-state index in [0.717, 1.165) is 18.1 Å². The van der Waals surface area contributed by atoms with Crippen molar-refractivity contribution in [2.45, 2.75) is 17.9 Å². The van der Waals surface area contributed by atoms with Gasteiger partial charge in [0.1, 0.15) is 0 Å². The van der Waals surface area contributed by atoms with Gasteiger partial charge < -0.3 is 9.80 Å². The largest absolute Gasteiger partial charge is 0.344 e. The van der Waals surface area contributed by atoms with Crippen molar-refractivity contribution in [2.75, 3.05) is 39.0 Å². The van der Waals surface area contributed by atoms with Crippen molar-refractivity contribution in [2.24, 2.45) is 0 Å². The number of thioether (sulfide) groups is 1. The van der Waals surface area contributed by atoms with E-state index in [2.05, 4.69) is 9.88 Å². The summed E-state index contributed by atoms with van der Waals surface area (Å²) in [5, 5.41) is 0.906. The van der Waals surface area contributed by atoms with Gasteiger partial charge in [-0.1, -0.05) is 17.8 Å². The van der Waals surface area contributed by atoms with Gasteiger partial charge in [-0.3, -0.25) is 4.79 Å². The fourth-order valence-electron chi connectivity index (χ4n) is 2.10. The molecule has 0 unspecified atom stereocenters. The molecule has 0 atom stereocenters. The molecule has 0 bridgehead atoms. The van der Waals surface area contributed by atoms with E-state index < -0.39 is 0 Å². The molecule has 0 aliphatic carbocycles. The molecule has 0 N–H and O–H groups in total. The van der Waals surface area contributed by atoms with Crippen molar-refractivity contribution >= 4 is 17.7 Å². The third-order valence-corrected chi connectivity index (χ3v) is 4.29. The molecule has 5 heteroatoms. The summed E-state index contributed by atoms with van der Waals surface area (Å²) in [7, 11) is 1.89. The minimum atomic E-state index is 0.176. The first-order chi connectivity index (χ1) is 9.25. The number of rotatable bonds is 6. The van der Waals surface area contributed by atoms with E-state index in [4.69, 9.17) is 0 Å². The molecule has 1 aliphatic rings. The zero-order chi connectivity index (χ0) is 13.5. The fourth-order valence-corrected chi connectivity index (χ4v) is 2.90. The average Bonchev–Trinajstić information content (AvgIpc) is 2.96. The summed E-state index contributed by atoms with van der Waals surface area (Å²) in [6.45, 7) is 4.19. The van der Waals surface area contributed by atoms with E-state index in [1.54, 1.807) is 6.20 Å². The van der Waals surface area contributed by atoms with Gasteiger partial charge in [-0.15, -0.1) is 0 Å². The molecule has 0 aromatic carbocycles. The number of nitrogens with zero attached hydrogens (tertiary/aromatic N) is 3. The number of aromatic nitrogens is 1. The summed E-state index contributed by atoms with van der Waals surface area (Å²) >= 11 is 1.50. The van der Waals surface area contributed by atoms with Crippen molar-refractivity contribution in [1.82, 2.24) is 14.8 Å². The number of likely N-dealkylation sites (N-methyl/N-ethyl adjacent to an activating group) is 1. The van der Waals surface area contributed by atoms with Crippen LogP contribution < -0.4 is 0 Å². The second-order valence-electron chi connectivity index (χ2n) is 4.82. The molecule has 19 heavy (non-hydrogen) atoms. The molecule has 0 spiro atoms. The highest BCUT2D eigenvalue weighted by Crippen LogP contribution is 2.14. The molecule has 1 aliphatic heterocycles. The van der Waals surface area contributed by atoms with Gasteiger partial charge in [-0.25, -0.2) is 4.98 Å². The van der Waals surface area contributed by atoms with Crippen molar-refractivity contribution in [3.63, 3.8) is 0 Å². The predicted octanol–water partition coefficient (Wildman–Crippen LogP) is 1.73. The Balaban J connectivity index is 1.67. The molecular weight excluding hydrogens is 258 g/mol. The van der Waals surface area contributed by atoms with Gasteiger partial charge in [0.2, 0.25) is 5.91 Å². The minimum Gasteiger partial charge on any atom is -0.344 e. The van der Waals surface area contributed by atoms with Crippen molar-refractivity contribution in [3.05, 3.63) is 24.4 Å². The molecule has 0 saturated carbocycles. The summed E-state index contributed by atoms with van der Waals surface area (Å²) < 4.78 is 0. The highest BCUT2D eigenvalue weighted by atomic mass is 32.2. The number of carbonyl (C=O) groups excluding carboxylic acids is 1. The molecule has 1 aromatic heterocycles. The maximum atomic E-state index is 12.0. The summed E-state index contributed by atoms with van der Waals surface area (Å²) in [5.41, 5.74) is 0. The van der Waals surface area contributed by atoms with Crippen molar-refractivity contribution < 1.29 is 4.79 Å². The minimum absolute atomic E-state index is 0.176. The Kier molecular flexibility index (Phi) is 5.66. The molecule has 1 aromatic rings. The first-order valence-corrected chi connectivity index (χ1v) is 7.74. The van der Waals surface area contributed by atoms with Crippen molar-refractivity contribution in [1.29, 1.82) is 0 Å². The van der Waals surface area contributed by atoms with Crippen LogP contribution in [0.5, 0.6) is 0 Å². The maximum absolute atomic E-state index is 12.0. The van der Waals surface area contributed by atoms with Crippen LogP contribution in [0.15, 0.2) is 29.4 Å². The molecule has 4 nitrogen and oxygen atoms in total. The first-order valence-electron chi connectivity index (χ1n) is 6.76. The predicted molar refractivity (Wildman–Crippen MR) is 78.3 cm³/mol. The van der Waals surface area contributed by atoms with Gasteiger partial charge in [0.25, 0.3) is 0 Å². The standard InChI is InChI=1S/C14H21N3OS/c1-16(10-11-17-8-4-5-9-17)14(18)12-19-13-6-2-3-7-15-13/h2-3,6-7H,4-5,8-12H2,1H3. The summed E-state index contributed by atoms with van der Waals surface area (Å²) in [5.74, 6) is 0.642. The molecule has 2 rings (SSSR count). The van der Waals surface area contributed by atoms with E-state index in [9.17, 15) is 4.79 Å². The van der Waals surface area contributed by atoms with Crippen LogP contribution in [-0.4, -0.2) is 59.7 Å². The SMILES string of the molecule is CN(CCN1CCCC1)C(=O)CSc1ccccn1. The Morgan fingerprint density at radius 2 is 2.21 bits per heavy atom. The number of likely N-dealkylation sites (tertiary alicyclic amines) is 1. The van der Waals surface area contributed by atoms with Crippen LogP contribution in [0, 0.1) is 0 Å². The van der Waals surface area contributed by atoms with E-state index in [1.165, 1.54) is 37.7 Å². The smallest absolute Gasteiger partial charge is 0.232 e. The third kappa shape index (κ3) is 4.84. The van der Waals surface area contributed by atoms with Crippen LogP contribution in [0.4, 0.5) is 0 Å². The lowest BCUT2D eigenvalue weighted by atomic mass is 10.4. The number of hydrogen-bond acceptors (Lipinski definition) is 4. The molecule has 104 valence electrons. The molecular formula is C14H21N3OS. The van der Waals surface area contributed by atoms with Crippen LogP contribution in [0.1, 0.15) is 12.8 Å². The molecule has 1 fully saturated rings. The van der Waals surface area contributed by atoms with Crippen LogP contribution in [0.25, 0.3) is 0 Å². The molecule has 1 saturated heterocycles. The lowest BCUT2D eigenvalue weighted by Crippen LogP contribution is -2.36. The van der Waals surface area contributed by atoms with Crippen LogP contribution >= 0.6 is 11.8 Å². The zero-order valence-corrected chi connectivity index (χ0v) is 12.2. The topological polar surface area (TPSA) is 36.4 Å². The Hall–Kier alpha value is -1.07. The van der Waals surface area contributed by atoms with Crippen LogP contribution in [0.2, 0.25) is 0 Å². The van der Waals surface area contributed by atoms with Gasteiger partial charge in [-0.2, -0.15) is 0 Å². The van der Waals surface area contributed by atoms with E-state index in [1.807, 2.05) is 30.1 Å². The molecule has 1 amide bonds. The van der Waals surface area contributed by atoms with Gasteiger partial charge >= 0.3 is 0 Å². The fraction of sp³-hybridized carbons (Fsp3) is 0.571. The summed E-state index contributed by atoms with van der Waals surface area (Å²) in [6.07, 6.45) is 4.35. The Bertz CT molecular complexity index is 393. The van der Waals surface area contributed by atoms with Gasteiger partial charge in [0, 0.05) is 26.3 Å². The summed E-state index contributed by atoms with van der Waals surface area (Å²) in [6, 6.07) is 5.76. The zero-order valence-electron chi connectivity index (χ0n) is 11.4. The van der Waals surface area contributed by atoms with Crippen molar-refractivity contribution in [3.8, 4) is 0 Å². The molecule has 0 radical (unpaired) electrons. The normalized spacial score (nSPS) is 15.6. The number of hydrogen-bond donors (Lipinski definition) is 0. The Morgan fingerprint density at radius 3 is 2.89 bits per heavy atom. The average molecular weight is 279 g/mol.